The van der Waals surface area contributed by atoms with Crippen molar-refractivity contribution in [3.8, 4) is 0 Å². The monoisotopic (exact) mass is 369 g/mol. The smallest absolute Gasteiger partial charge is 0.241 e. The van der Waals surface area contributed by atoms with Crippen LogP contribution >= 0.6 is 0 Å². The van der Waals surface area contributed by atoms with Gasteiger partial charge in [-0.25, -0.2) is 4.57 Å². The molecule has 0 bridgehead atoms. The minimum atomic E-state index is 0.620. The predicted molar refractivity (Wildman–Crippen MR) is 116 cm³/mol. The number of hydrogen-bond donors (Lipinski definition) is 1. The molecule has 2 aromatic rings. The Bertz CT molecular complexity index is 547. The lowest BCUT2D eigenvalue weighted by Gasteiger charge is -2.14. The number of rotatable bonds is 16. The van der Waals surface area contributed by atoms with Gasteiger partial charge in [0.1, 0.15) is 18.4 Å². The first-order valence-electron chi connectivity index (χ1n) is 11.5. The quantitative estimate of drug-likeness (QED) is 0.239. The predicted octanol–water partition coefficient (Wildman–Crippen LogP) is 7.18. The number of aromatic amines is 1. The SMILES string of the molecule is CCCCCCCCCCCCCC(CCc1ccccc1)[n+]1cc[nH]c1. The molecule has 2 nitrogen and oxygen atoms in total. The van der Waals surface area contributed by atoms with Gasteiger partial charge in [-0.3, -0.25) is 4.98 Å². The van der Waals surface area contributed by atoms with E-state index >= 15 is 0 Å². The van der Waals surface area contributed by atoms with Crippen molar-refractivity contribution in [2.24, 2.45) is 0 Å². The first kappa shape index (κ1) is 21.7. The van der Waals surface area contributed by atoms with Crippen LogP contribution in [0.5, 0.6) is 0 Å². The highest BCUT2D eigenvalue weighted by Crippen LogP contribution is 2.18. The molecule has 0 aliphatic heterocycles. The van der Waals surface area contributed by atoms with Crippen molar-refractivity contribution < 1.29 is 4.57 Å². The van der Waals surface area contributed by atoms with E-state index < -0.39 is 0 Å². The van der Waals surface area contributed by atoms with Gasteiger partial charge in [0.05, 0.1) is 0 Å². The summed E-state index contributed by atoms with van der Waals surface area (Å²) < 4.78 is 2.37. The fourth-order valence-corrected chi connectivity index (χ4v) is 3.99. The van der Waals surface area contributed by atoms with Crippen LogP contribution in [0.4, 0.5) is 0 Å². The average molecular weight is 370 g/mol. The van der Waals surface area contributed by atoms with Crippen LogP contribution in [0, 0.1) is 0 Å². The van der Waals surface area contributed by atoms with Crippen molar-refractivity contribution in [1.82, 2.24) is 4.98 Å². The maximum atomic E-state index is 3.21. The molecular formula is C25H41N2+. The standard InChI is InChI=1S/C25H40N2/c1-2-3-4-5-6-7-8-9-10-11-15-18-25(27-22-21-26-23-27)20-19-24-16-13-12-14-17-24/h12-14,16-17,21-23,25H,2-11,15,18-20H2,1H3/p+1. The molecule has 0 fully saturated rings. The van der Waals surface area contributed by atoms with E-state index in [-0.39, 0.29) is 0 Å². The number of nitrogens with zero attached hydrogens (tertiary/aromatic N) is 1. The Hall–Kier alpha value is -1.57. The molecule has 1 heterocycles. The summed E-state index contributed by atoms with van der Waals surface area (Å²) in [5, 5.41) is 0. The molecule has 2 heteroatoms. The van der Waals surface area contributed by atoms with Crippen LogP contribution in [0.2, 0.25) is 0 Å². The summed E-state index contributed by atoms with van der Waals surface area (Å²) >= 11 is 0. The molecule has 27 heavy (non-hydrogen) atoms. The topological polar surface area (TPSA) is 19.7 Å². The largest absolute Gasteiger partial charge is 0.250 e. The first-order valence-corrected chi connectivity index (χ1v) is 11.5. The minimum absolute atomic E-state index is 0.620. The lowest BCUT2D eigenvalue weighted by Crippen LogP contribution is -2.37. The highest BCUT2D eigenvalue weighted by molar-refractivity contribution is 5.14. The summed E-state index contributed by atoms with van der Waals surface area (Å²) in [7, 11) is 0. The van der Waals surface area contributed by atoms with Gasteiger partial charge in [-0.1, -0.05) is 101 Å². The van der Waals surface area contributed by atoms with E-state index in [1.807, 2.05) is 6.20 Å². The molecule has 1 atom stereocenters. The Balaban J connectivity index is 1.56. The Kier molecular flexibility index (Phi) is 11.7. The van der Waals surface area contributed by atoms with Crippen molar-refractivity contribution >= 4 is 0 Å². The Morgan fingerprint density at radius 1 is 0.778 bits per heavy atom. The summed E-state index contributed by atoms with van der Waals surface area (Å²) in [6.45, 7) is 2.29. The second-order valence-electron chi connectivity index (χ2n) is 8.06. The van der Waals surface area contributed by atoms with Crippen LogP contribution < -0.4 is 4.57 Å². The summed E-state index contributed by atoms with van der Waals surface area (Å²) in [6.07, 6.45) is 25.6. The third-order valence-corrected chi connectivity index (χ3v) is 5.74. The van der Waals surface area contributed by atoms with E-state index in [1.165, 1.54) is 95.5 Å². The van der Waals surface area contributed by atoms with Crippen LogP contribution in [-0.4, -0.2) is 4.98 Å². The van der Waals surface area contributed by atoms with Crippen molar-refractivity contribution in [2.75, 3.05) is 0 Å². The third-order valence-electron chi connectivity index (χ3n) is 5.74. The maximum absolute atomic E-state index is 3.21. The molecule has 2 rings (SSSR count). The maximum Gasteiger partial charge on any atom is 0.241 e. The minimum Gasteiger partial charge on any atom is -0.250 e. The average Bonchev–Trinajstić information content (AvgIpc) is 3.24. The van der Waals surface area contributed by atoms with Gasteiger partial charge in [0.2, 0.25) is 6.33 Å². The van der Waals surface area contributed by atoms with Gasteiger partial charge in [0, 0.05) is 0 Å². The second kappa shape index (κ2) is 14.5. The number of aryl methyl sites for hydroxylation is 1. The molecule has 0 amide bonds. The highest BCUT2D eigenvalue weighted by Gasteiger charge is 2.15. The normalized spacial score (nSPS) is 12.3. The Labute approximate surface area is 167 Å². The van der Waals surface area contributed by atoms with E-state index in [2.05, 4.69) is 59.3 Å². The van der Waals surface area contributed by atoms with Crippen molar-refractivity contribution in [3.05, 3.63) is 54.6 Å². The van der Waals surface area contributed by atoms with Gasteiger partial charge in [-0.2, -0.15) is 0 Å². The molecule has 0 radical (unpaired) electrons. The second-order valence-corrected chi connectivity index (χ2v) is 8.06. The molecular weight excluding hydrogens is 328 g/mol. The van der Waals surface area contributed by atoms with Gasteiger partial charge in [-0.05, 0) is 31.2 Å². The van der Waals surface area contributed by atoms with E-state index in [0.29, 0.717) is 6.04 Å². The van der Waals surface area contributed by atoms with Gasteiger partial charge >= 0.3 is 0 Å². The van der Waals surface area contributed by atoms with Crippen LogP contribution in [-0.2, 0) is 6.42 Å². The fourth-order valence-electron chi connectivity index (χ4n) is 3.99. The molecule has 150 valence electrons. The van der Waals surface area contributed by atoms with E-state index in [0.717, 1.165) is 0 Å². The molecule has 1 unspecified atom stereocenters. The molecule has 0 spiro atoms. The lowest BCUT2D eigenvalue weighted by atomic mass is 9.99. The molecule has 1 N–H and O–H groups in total. The molecule has 0 aliphatic carbocycles. The summed E-state index contributed by atoms with van der Waals surface area (Å²) in [5.74, 6) is 0. The summed E-state index contributed by atoms with van der Waals surface area (Å²) in [5.41, 5.74) is 1.46. The van der Waals surface area contributed by atoms with E-state index in [9.17, 15) is 0 Å². The number of nitrogens with one attached hydrogen (secondary N) is 1. The molecule has 1 aromatic heterocycles. The third kappa shape index (κ3) is 9.79. The Morgan fingerprint density at radius 3 is 2.00 bits per heavy atom. The summed E-state index contributed by atoms with van der Waals surface area (Å²) in [4.78, 5) is 3.21. The Morgan fingerprint density at radius 2 is 1.41 bits per heavy atom. The first-order chi connectivity index (χ1) is 13.4. The number of hydrogen-bond acceptors (Lipinski definition) is 0. The zero-order valence-electron chi connectivity index (χ0n) is 17.5. The van der Waals surface area contributed by atoms with Gasteiger partial charge in [0.25, 0.3) is 0 Å². The zero-order chi connectivity index (χ0) is 19.0. The van der Waals surface area contributed by atoms with Crippen molar-refractivity contribution in [2.45, 2.75) is 103 Å². The molecule has 0 saturated carbocycles. The molecule has 0 saturated heterocycles. The summed E-state index contributed by atoms with van der Waals surface area (Å²) in [6, 6.07) is 11.5. The molecule has 1 aromatic carbocycles. The number of H-pyrrole nitrogens is 1. The number of unbranched alkanes of at least 4 members (excludes halogenated alkanes) is 10. The van der Waals surface area contributed by atoms with Crippen LogP contribution in [0.15, 0.2) is 49.1 Å². The van der Waals surface area contributed by atoms with Crippen LogP contribution in [0.3, 0.4) is 0 Å². The molecule has 0 aliphatic rings. The zero-order valence-corrected chi connectivity index (χ0v) is 17.5. The fraction of sp³-hybridized carbons (Fsp3) is 0.640. The highest BCUT2D eigenvalue weighted by atomic mass is 15.0. The number of aromatic nitrogens is 2. The number of imidazole rings is 1. The van der Waals surface area contributed by atoms with Gasteiger partial charge < -0.3 is 0 Å². The van der Waals surface area contributed by atoms with Gasteiger partial charge in [0.15, 0.2) is 0 Å². The van der Waals surface area contributed by atoms with Crippen LogP contribution in [0.25, 0.3) is 0 Å². The lowest BCUT2D eigenvalue weighted by molar-refractivity contribution is -0.723. The van der Waals surface area contributed by atoms with E-state index in [1.54, 1.807) is 0 Å². The van der Waals surface area contributed by atoms with Gasteiger partial charge in [-0.15, -0.1) is 0 Å². The van der Waals surface area contributed by atoms with E-state index in [4.69, 9.17) is 0 Å². The number of benzene rings is 1. The van der Waals surface area contributed by atoms with Crippen molar-refractivity contribution in [3.63, 3.8) is 0 Å². The van der Waals surface area contributed by atoms with Crippen molar-refractivity contribution in [1.29, 1.82) is 0 Å². The van der Waals surface area contributed by atoms with Crippen LogP contribution in [0.1, 0.15) is 102 Å².